The number of carbonyl (C=O) groups is 1. The van der Waals surface area contributed by atoms with E-state index in [1.165, 1.54) is 6.07 Å². The molecule has 196 valence electrons. The first kappa shape index (κ1) is 27.1. The first-order valence-corrected chi connectivity index (χ1v) is 13.9. The Bertz CT molecular complexity index is 1060. The molecule has 0 bridgehead atoms. The molecule has 2 N–H and O–H groups in total. The molecule has 1 amide bonds. The van der Waals surface area contributed by atoms with Gasteiger partial charge in [-0.15, -0.1) is 0 Å². The Kier molecular flexibility index (Phi) is 8.47. The number of hydrogen-bond acceptors (Lipinski definition) is 4. The van der Waals surface area contributed by atoms with Gasteiger partial charge >= 0.3 is 6.18 Å². The molecule has 2 aromatic carbocycles. The van der Waals surface area contributed by atoms with Crippen molar-refractivity contribution >= 4 is 35.0 Å². The quantitative estimate of drug-likeness (QED) is 0.475. The third kappa shape index (κ3) is 6.14. The van der Waals surface area contributed by atoms with Crippen LogP contribution in [0.3, 0.4) is 0 Å². The van der Waals surface area contributed by atoms with Gasteiger partial charge in [0.1, 0.15) is 0 Å². The normalized spacial score (nSPS) is 21.8. The lowest BCUT2D eigenvalue weighted by Gasteiger charge is -2.39. The van der Waals surface area contributed by atoms with Crippen molar-refractivity contribution in [2.45, 2.75) is 38.4 Å². The van der Waals surface area contributed by atoms with Crippen LogP contribution in [0.2, 0.25) is 5.02 Å². The number of alkyl halides is 3. The van der Waals surface area contributed by atoms with Crippen molar-refractivity contribution < 1.29 is 18.0 Å². The second kappa shape index (κ2) is 11.2. The third-order valence-corrected chi connectivity index (χ3v) is 8.55. The SMILES string of the molecule is CC(C)C[C@H](N)c1cc(C(F)(F)F)ccc1N1CCN(C(=O)[C@@H]2CSC[C@H]2c2ccc(Cl)cc2)CC1. The van der Waals surface area contributed by atoms with E-state index in [1.807, 2.05) is 43.0 Å². The van der Waals surface area contributed by atoms with E-state index in [4.69, 9.17) is 17.3 Å². The van der Waals surface area contributed by atoms with Gasteiger partial charge in [-0.25, -0.2) is 0 Å². The molecule has 2 aromatic rings. The maximum atomic E-state index is 13.5. The van der Waals surface area contributed by atoms with Crippen molar-refractivity contribution in [2.24, 2.45) is 17.6 Å². The zero-order valence-corrected chi connectivity index (χ0v) is 22.2. The van der Waals surface area contributed by atoms with Crippen LogP contribution in [0.25, 0.3) is 0 Å². The summed E-state index contributed by atoms with van der Waals surface area (Å²) in [6.07, 6.45) is -3.83. The second-order valence-electron chi connectivity index (χ2n) is 10.1. The van der Waals surface area contributed by atoms with E-state index in [0.29, 0.717) is 43.2 Å². The lowest BCUT2D eigenvalue weighted by molar-refractivity contribution is -0.138. The van der Waals surface area contributed by atoms with Gasteiger partial charge < -0.3 is 15.5 Å². The third-order valence-electron chi connectivity index (χ3n) is 7.11. The first-order valence-electron chi connectivity index (χ1n) is 12.4. The summed E-state index contributed by atoms with van der Waals surface area (Å²) >= 11 is 7.84. The van der Waals surface area contributed by atoms with Crippen LogP contribution in [0.5, 0.6) is 0 Å². The number of piperazine rings is 1. The van der Waals surface area contributed by atoms with Crippen LogP contribution in [0.15, 0.2) is 42.5 Å². The van der Waals surface area contributed by atoms with Crippen molar-refractivity contribution in [1.29, 1.82) is 0 Å². The molecule has 0 aliphatic carbocycles. The molecule has 0 spiro atoms. The minimum absolute atomic E-state index is 0.0798. The van der Waals surface area contributed by atoms with Crippen molar-refractivity contribution in [1.82, 2.24) is 4.90 Å². The number of anilines is 1. The smallest absolute Gasteiger partial charge is 0.368 e. The van der Waals surface area contributed by atoms with Gasteiger partial charge in [0.05, 0.1) is 11.5 Å². The topological polar surface area (TPSA) is 49.6 Å². The Balaban J connectivity index is 1.47. The maximum Gasteiger partial charge on any atom is 0.416 e. The number of benzene rings is 2. The molecule has 2 aliphatic heterocycles. The average Bonchev–Trinajstić information content (AvgIpc) is 3.33. The largest absolute Gasteiger partial charge is 0.416 e. The van der Waals surface area contributed by atoms with Gasteiger partial charge in [0, 0.05) is 60.4 Å². The van der Waals surface area contributed by atoms with Crippen LogP contribution >= 0.6 is 23.4 Å². The van der Waals surface area contributed by atoms with Gasteiger partial charge in [-0.2, -0.15) is 24.9 Å². The average molecular weight is 540 g/mol. The van der Waals surface area contributed by atoms with E-state index >= 15 is 0 Å². The Hall–Kier alpha value is -1.90. The molecule has 0 aromatic heterocycles. The van der Waals surface area contributed by atoms with Crippen LogP contribution in [0.1, 0.15) is 48.9 Å². The minimum Gasteiger partial charge on any atom is -0.368 e. The maximum absolute atomic E-state index is 13.5. The summed E-state index contributed by atoms with van der Waals surface area (Å²) in [6.45, 7) is 6.21. The number of carbonyl (C=O) groups excluding carboxylic acids is 1. The Morgan fingerprint density at radius 2 is 1.75 bits per heavy atom. The van der Waals surface area contributed by atoms with Crippen LogP contribution in [0, 0.1) is 11.8 Å². The zero-order valence-electron chi connectivity index (χ0n) is 20.6. The number of nitrogens with two attached hydrogens (primary N) is 1. The molecule has 36 heavy (non-hydrogen) atoms. The highest BCUT2D eigenvalue weighted by atomic mass is 35.5. The molecular formula is C27H33ClF3N3OS. The highest BCUT2D eigenvalue weighted by Gasteiger charge is 2.38. The van der Waals surface area contributed by atoms with Crippen LogP contribution in [-0.4, -0.2) is 48.5 Å². The lowest BCUT2D eigenvalue weighted by Crippen LogP contribution is -2.51. The minimum atomic E-state index is -4.42. The van der Waals surface area contributed by atoms with Crippen LogP contribution < -0.4 is 10.6 Å². The van der Waals surface area contributed by atoms with E-state index in [1.54, 1.807) is 17.8 Å². The van der Waals surface area contributed by atoms with E-state index in [-0.39, 0.29) is 23.7 Å². The standard InChI is InChI=1S/C27H33ClF3N3OS/c1-17(2)13-24(32)21-14-19(27(29,30)31)5-8-25(21)33-9-11-34(12-10-33)26(35)23-16-36-15-22(23)18-3-6-20(28)7-4-18/h3-8,14,17,22-24H,9-13,15-16,32H2,1-2H3/t22-,23+,24-/m0/s1. The Morgan fingerprint density at radius 3 is 2.36 bits per heavy atom. The van der Waals surface area contributed by atoms with Crippen molar-refractivity contribution in [3.8, 4) is 0 Å². The van der Waals surface area contributed by atoms with Gasteiger partial charge in [-0.1, -0.05) is 37.6 Å². The van der Waals surface area contributed by atoms with Gasteiger partial charge in [0.15, 0.2) is 0 Å². The van der Waals surface area contributed by atoms with E-state index < -0.39 is 17.8 Å². The van der Waals surface area contributed by atoms with E-state index in [9.17, 15) is 18.0 Å². The summed E-state index contributed by atoms with van der Waals surface area (Å²) in [5, 5.41) is 0.680. The Labute approximate surface area is 220 Å². The summed E-state index contributed by atoms with van der Waals surface area (Å²) in [5.41, 5.74) is 8.10. The van der Waals surface area contributed by atoms with Crippen molar-refractivity contribution in [3.05, 3.63) is 64.2 Å². The van der Waals surface area contributed by atoms with E-state index in [2.05, 4.69) is 4.90 Å². The van der Waals surface area contributed by atoms with Gasteiger partial charge in [0.25, 0.3) is 0 Å². The highest BCUT2D eigenvalue weighted by Crippen LogP contribution is 2.40. The van der Waals surface area contributed by atoms with Crippen molar-refractivity contribution in [2.75, 3.05) is 42.6 Å². The number of nitrogens with zero attached hydrogens (tertiary/aromatic N) is 2. The molecule has 2 aliphatic rings. The molecule has 0 saturated carbocycles. The van der Waals surface area contributed by atoms with Crippen LogP contribution in [-0.2, 0) is 11.0 Å². The summed E-state index contributed by atoms with van der Waals surface area (Å²) in [7, 11) is 0. The fourth-order valence-electron chi connectivity index (χ4n) is 5.19. The van der Waals surface area contributed by atoms with Gasteiger partial charge in [0.2, 0.25) is 5.91 Å². The monoisotopic (exact) mass is 539 g/mol. The zero-order chi connectivity index (χ0) is 26.0. The van der Waals surface area contributed by atoms with Gasteiger partial charge in [-0.05, 0) is 53.8 Å². The van der Waals surface area contributed by atoms with Gasteiger partial charge in [-0.3, -0.25) is 4.79 Å². The molecule has 3 atom stereocenters. The number of halogens is 4. The highest BCUT2D eigenvalue weighted by molar-refractivity contribution is 7.99. The lowest BCUT2D eigenvalue weighted by atomic mass is 9.88. The first-order chi connectivity index (χ1) is 17.0. The number of hydrogen-bond donors (Lipinski definition) is 1. The molecule has 2 saturated heterocycles. The molecule has 4 nitrogen and oxygen atoms in total. The Morgan fingerprint density at radius 1 is 1.08 bits per heavy atom. The number of rotatable bonds is 6. The number of thioether (sulfide) groups is 1. The fraction of sp³-hybridized carbons (Fsp3) is 0.519. The molecule has 2 fully saturated rings. The fourth-order valence-corrected chi connectivity index (χ4v) is 6.76. The summed E-state index contributed by atoms with van der Waals surface area (Å²) in [6, 6.07) is 11.1. The molecule has 0 unspecified atom stereocenters. The van der Waals surface area contributed by atoms with E-state index in [0.717, 1.165) is 28.8 Å². The summed E-state index contributed by atoms with van der Waals surface area (Å²) in [4.78, 5) is 17.4. The summed E-state index contributed by atoms with van der Waals surface area (Å²) in [5.74, 6) is 2.19. The predicted molar refractivity (Wildman–Crippen MR) is 142 cm³/mol. The summed E-state index contributed by atoms with van der Waals surface area (Å²) < 4.78 is 40.3. The molecule has 4 rings (SSSR count). The molecule has 0 radical (unpaired) electrons. The molecule has 9 heteroatoms. The molecular weight excluding hydrogens is 507 g/mol. The van der Waals surface area contributed by atoms with Crippen LogP contribution in [0.4, 0.5) is 18.9 Å². The predicted octanol–water partition coefficient (Wildman–Crippen LogP) is 6.20. The molecule has 2 heterocycles. The second-order valence-corrected chi connectivity index (χ2v) is 11.6. The van der Waals surface area contributed by atoms with Crippen molar-refractivity contribution in [3.63, 3.8) is 0 Å². The number of amides is 1.